The van der Waals surface area contributed by atoms with Crippen LogP contribution in [-0.2, 0) is 4.79 Å². The zero-order valence-corrected chi connectivity index (χ0v) is 14.1. The highest BCUT2D eigenvalue weighted by atomic mass is 79.9. The Bertz CT molecular complexity index is 600. The molecule has 19 heavy (non-hydrogen) atoms. The van der Waals surface area contributed by atoms with Crippen molar-refractivity contribution in [1.29, 1.82) is 0 Å². The van der Waals surface area contributed by atoms with Crippen molar-refractivity contribution < 1.29 is 9.53 Å². The van der Waals surface area contributed by atoms with Crippen molar-refractivity contribution in [3.63, 3.8) is 0 Å². The van der Waals surface area contributed by atoms with E-state index < -0.39 is 0 Å². The van der Waals surface area contributed by atoms with E-state index in [-0.39, 0.29) is 5.91 Å². The fourth-order valence-corrected chi connectivity index (χ4v) is 3.77. The van der Waals surface area contributed by atoms with Gasteiger partial charge in [-0.05, 0) is 45.9 Å². The van der Waals surface area contributed by atoms with Crippen LogP contribution in [0.2, 0.25) is 0 Å². The van der Waals surface area contributed by atoms with Gasteiger partial charge in [0.2, 0.25) is 0 Å². The van der Waals surface area contributed by atoms with Crippen LogP contribution in [0.4, 0.5) is 0 Å². The number of thioether (sulfide) groups is 1. The first-order valence-corrected chi connectivity index (χ1v) is 7.66. The summed E-state index contributed by atoms with van der Waals surface area (Å²) >= 11 is 8.16. The van der Waals surface area contributed by atoms with Gasteiger partial charge in [0.15, 0.2) is 5.17 Å². The topological polar surface area (TPSA) is 50.7 Å². The van der Waals surface area contributed by atoms with E-state index in [0.29, 0.717) is 15.8 Å². The van der Waals surface area contributed by atoms with Crippen molar-refractivity contribution >= 4 is 60.8 Å². The van der Waals surface area contributed by atoms with Crippen LogP contribution in [0, 0.1) is 0 Å². The second-order valence-corrected chi connectivity index (χ2v) is 6.40. The van der Waals surface area contributed by atoms with E-state index in [1.54, 1.807) is 20.2 Å². The maximum absolute atomic E-state index is 11.8. The quantitative estimate of drug-likeness (QED) is 0.767. The van der Waals surface area contributed by atoms with Crippen molar-refractivity contribution in [2.75, 3.05) is 14.2 Å². The van der Waals surface area contributed by atoms with Crippen LogP contribution in [-0.4, -0.2) is 25.2 Å². The van der Waals surface area contributed by atoms with Crippen LogP contribution >= 0.6 is 43.6 Å². The third kappa shape index (κ3) is 3.21. The van der Waals surface area contributed by atoms with Gasteiger partial charge in [0.25, 0.3) is 5.91 Å². The molecule has 0 bridgehead atoms. The molecule has 1 heterocycles. The summed E-state index contributed by atoms with van der Waals surface area (Å²) in [5.74, 6) is 0.537. The molecule has 1 aromatic rings. The molecule has 2 rings (SSSR count). The fraction of sp³-hybridized carbons (Fsp3) is 0.167. The zero-order valence-electron chi connectivity index (χ0n) is 10.2. The first-order valence-electron chi connectivity index (χ1n) is 5.26. The van der Waals surface area contributed by atoms with Crippen LogP contribution in [0.25, 0.3) is 6.08 Å². The monoisotopic (exact) mass is 404 g/mol. The third-order valence-electron chi connectivity index (χ3n) is 2.38. The Morgan fingerprint density at radius 2 is 2.16 bits per heavy atom. The second-order valence-electron chi connectivity index (χ2n) is 3.60. The van der Waals surface area contributed by atoms with Crippen LogP contribution in [0.1, 0.15) is 5.56 Å². The lowest BCUT2D eigenvalue weighted by Gasteiger charge is -2.08. The highest BCUT2D eigenvalue weighted by Gasteiger charge is 2.23. The Morgan fingerprint density at radius 1 is 1.42 bits per heavy atom. The molecule has 4 nitrogen and oxygen atoms in total. The maximum atomic E-state index is 11.8. The van der Waals surface area contributed by atoms with E-state index in [2.05, 4.69) is 42.2 Å². The van der Waals surface area contributed by atoms with E-state index in [1.165, 1.54) is 11.8 Å². The van der Waals surface area contributed by atoms with E-state index in [4.69, 9.17) is 4.74 Å². The molecule has 7 heteroatoms. The zero-order chi connectivity index (χ0) is 14.0. The summed E-state index contributed by atoms with van der Waals surface area (Å²) in [5, 5.41) is 3.28. The summed E-state index contributed by atoms with van der Waals surface area (Å²) in [7, 11) is 3.23. The van der Waals surface area contributed by atoms with Crippen LogP contribution < -0.4 is 10.1 Å². The Hall–Kier alpha value is -0.790. The normalized spacial score (nSPS) is 19.1. The minimum atomic E-state index is -0.149. The van der Waals surface area contributed by atoms with Crippen molar-refractivity contribution in [3.05, 3.63) is 31.5 Å². The Balaban J connectivity index is 2.46. The van der Waals surface area contributed by atoms with Crippen molar-refractivity contribution in [2.24, 2.45) is 4.99 Å². The number of halogens is 2. The van der Waals surface area contributed by atoms with Crippen LogP contribution in [0.3, 0.4) is 0 Å². The predicted octanol–water partition coefficient (Wildman–Crippen LogP) is 3.41. The second kappa shape index (κ2) is 6.11. The van der Waals surface area contributed by atoms with Crippen LogP contribution in [0.15, 0.2) is 31.0 Å². The van der Waals surface area contributed by atoms with Gasteiger partial charge in [-0.15, -0.1) is 0 Å². The first-order chi connectivity index (χ1) is 9.05. The third-order valence-corrected chi connectivity index (χ3v) is 4.43. The molecule has 0 saturated carbocycles. The molecule has 0 radical (unpaired) electrons. The van der Waals surface area contributed by atoms with E-state index in [1.807, 2.05) is 12.1 Å². The molecular formula is C12H10Br2N2O2S. The Morgan fingerprint density at radius 3 is 2.74 bits per heavy atom. The molecule has 1 aromatic carbocycles. The van der Waals surface area contributed by atoms with Crippen molar-refractivity contribution in [3.8, 4) is 5.75 Å². The van der Waals surface area contributed by atoms with Gasteiger partial charge >= 0.3 is 0 Å². The number of hydrogen-bond donors (Lipinski definition) is 1. The predicted molar refractivity (Wildman–Crippen MR) is 85.5 cm³/mol. The summed E-state index contributed by atoms with van der Waals surface area (Å²) in [6.07, 6.45) is 1.78. The fourth-order valence-electron chi connectivity index (χ4n) is 1.58. The average molecular weight is 406 g/mol. The van der Waals surface area contributed by atoms with Gasteiger partial charge in [0.1, 0.15) is 5.75 Å². The molecule has 0 spiro atoms. The summed E-state index contributed by atoms with van der Waals surface area (Å²) in [5.41, 5.74) is 0.818. The number of carbonyl (C=O) groups is 1. The number of benzene rings is 1. The maximum Gasteiger partial charge on any atom is 0.264 e. The molecule has 1 N–H and O–H groups in total. The van der Waals surface area contributed by atoms with Crippen molar-refractivity contribution in [1.82, 2.24) is 5.32 Å². The molecule has 0 unspecified atom stereocenters. The molecular weight excluding hydrogens is 396 g/mol. The largest absolute Gasteiger partial charge is 0.495 e. The first kappa shape index (κ1) is 14.6. The molecule has 1 aliphatic rings. The van der Waals surface area contributed by atoms with E-state index in [0.717, 1.165) is 14.5 Å². The van der Waals surface area contributed by atoms with Gasteiger partial charge in [-0.2, -0.15) is 0 Å². The smallest absolute Gasteiger partial charge is 0.264 e. The van der Waals surface area contributed by atoms with Gasteiger partial charge < -0.3 is 10.1 Å². The minimum absolute atomic E-state index is 0.149. The summed E-state index contributed by atoms with van der Waals surface area (Å²) in [4.78, 5) is 16.3. The summed E-state index contributed by atoms with van der Waals surface area (Å²) < 4.78 is 7.07. The number of amides is 1. The van der Waals surface area contributed by atoms with Gasteiger partial charge in [0.05, 0.1) is 16.5 Å². The number of nitrogens with one attached hydrogen (secondary N) is 1. The lowest BCUT2D eigenvalue weighted by Crippen LogP contribution is -2.19. The number of aliphatic imine (C=N–C) groups is 1. The van der Waals surface area contributed by atoms with Gasteiger partial charge in [-0.25, -0.2) is 0 Å². The summed E-state index contributed by atoms with van der Waals surface area (Å²) in [6.45, 7) is 0. The number of rotatable bonds is 2. The minimum Gasteiger partial charge on any atom is -0.495 e. The molecule has 1 fully saturated rings. The number of methoxy groups -OCH3 is 1. The Labute approximate surface area is 132 Å². The van der Waals surface area contributed by atoms with E-state index in [9.17, 15) is 4.79 Å². The number of nitrogens with zero attached hydrogens (tertiary/aromatic N) is 1. The molecule has 0 aromatic heterocycles. The highest BCUT2D eigenvalue weighted by Crippen LogP contribution is 2.36. The SMILES string of the molecule is CN=C1NC(=O)C(=Cc2cc(Br)cc(Br)c2OC)S1. The lowest BCUT2D eigenvalue weighted by atomic mass is 10.2. The molecule has 100 valence electrons. The lowest BCUT2D eigenvalue weighted by molar-refractivity contribution is -0.115. The number of carbonyl (C=O) groups excluding carboxylic acids is 1. The van der Waals surface area contributed by atoms with Crippen LogP contribution in [0.5, 0.6) is 5.75 Å². The van der Waals surface area contributed by atoms with Gasteiger partial charge in [-0.1, -0.05) is 15.9 Å². The molecule has 1 aliphatic heterocycles. The number of hydrogen-bond acceptors (Lipinski definition) is 4. The van der Waals surface area contributed by atoms with E-state index >= 15 is 0 Å². The van der Waals surface area contributed by atoms with Crippen molar-refractivity contribution in [2.45, 2.75) is 0 Å². The average Bonchev–Trinajstić information content (AvgIpc) is 2.70. The van der Waals surface area contributed by atoms with Gasteiger partial charge in [-0.3, -0.25) is 9.79 Å². The standard InChI is InChI=1S/C12H10Br2N2O2S/c1-15-12-16-11(17)9(19-12)4-6-3-7(13)5-8(14)10(6)18-2/h3-5H,1-2H3,(H,15,16,17). The number of amidine groups is 1. The molecule has 0 atom stereocenters. The molecule has 0 aliphatic carbocycles. The Kier molecular flexibility index (Phi) is 4.70. The summed E-state index contributed by atoms with van der Waals surface area (Å²) in [6, 6.07) is 3.78. The number of ether oxygens (including phenoxy) is 1. The molecule has 1 saturated heterocycles. The molecule has 1 amide bonds. The highest BCUT2D eigenvalue weighted by molar-refractivity contribution is 9.11. The van der Waals surface area contributed by atoms with Gasteiger partial charge in [0, 0.05) is 17.1 Å².